The second-order valence-corrected chi connectivity index (χ2v) is 4.76. The Labute approximate surface area is 106 Å². The molecular formula is C13H19F2N3. The molecule has 0 spiro atoms. The summed E-state index contributed by atoms with van der Waals surface area (Å²) in [7, 11) is 2.02. The van der Waals surface area contributed by atoms with Crippen molar-refractivity contribution in [2.45, 2.75) is 13.0 Å². The van der Waals surface area contributed by atoms with Gasteiger partial charge in [0.1, 0.15) is 17.3 Å². The fourth-order valence-corrected chi connectivity index (χ4v) is 2.31. The number of anilines is 1. The number of likely N-dealkylation sites (N-methyl/N-ethyl adjacent to an activating group) is 1. The minimum atomic E-state index is -0.514. The molecule has 1 heterocycles. The van der Waals surface area contributed by atoms with Crippen LogP contribution in [-0.4, -0.2) is 38.1 Å². The Morgan fingerprint density at radius 2 is 1.78 bits per heavy atom. The number of nitrogens with zero attached hydrogens (tertiary/aromatic N) is 2. The molecule has 0 radical (unpaired) electrons. The van der Waals surface area contributed by atoms with Crippen molar-refractivity contribution in [2.24, 2.45) is 5.73 Å². The van der Waals surface area contributed by atoms with E-state index in [9.17, 15) is 8.78 Å². The van der Waals surface area contributed by atoms with Crippen LogP contribution in [0, 0.1) is 11.6 Å². The van der Waals surface area contributed by atoms with E-state index in [1.165, 1.54) is 12.1 Å². The first-order valence-corrected chi connectivity index (χ1v) is 6.23. The molecule has 100 valence electrons. The van der Waals surface area contributed by atoms with Crippen LogP contribution in [0.4, 0.5) is 14.5 Å². The van der Waals surface area contributed by atoms with Crippen molar-refractivity contribution in [3.8, 4) is 0 Å². The average molecular weight is 255 g/mol. The van der Waals surface area contributed by atoms with Crippen LogP contribution in [0.5, 0.6) is 0 Å². The van der Waals surface area contributed by atoms with Gasteiger partial charge in [-0.25, -0.2) is 8.78 Å². The van der Waals surface area contributed by atoms with Crippen molar-refractivity contribution in [1.82, 2.24) is 4.90 Å². The van der Waals surface area contributed by atoms with Crippen LogP contribution in [0.25, 0.3) is 0 Å². The van der Waals surface area contributed by atoms with Gasteiger partial charge in [-0.05, 0) is 37.7 Å². The first kappa shape index (κ1) is 13.2. The van der Waals surface area contributed by atoms with E-state index in [4.69, 9.17) is 5.73 Å². The largest absolute Gasteiger partial charge is 0.365 e. The van der Waals surface area contributed by atoms with E-state index in [1.807, 2.05) is 7.05 Å². The third kappa shape index (κ3) is 2.79. The van der Waals surface area contributed by atoms with Crippen molar-refractivity contribution in [3.05, 3.63) is 29.3 Å². The van der Waals surface area contributed by atoms with Crippen LogP contribution in [0.15, 0.2) is 12.1 Å². The van der Waals surface area contributed by atoms with Crippen molar-refractivity contribution in [1.29, 1.82) is 0 Å². The zero-order chi connectivity index (χ0) is 13.1. The minimum Gasteiger partial charge on any atom is -0.365 e. The van der Waals surface area contributed by atoms with Crippen molar-refractivity contribution >= 4 is 5.69 Å². The highest BCUT2D eigenvalue weighted by Crippen LogP contribution is 2.25. The molecule has 1 aromatic carbocycles. The Bertz CT molecular complexity index is 400. The van der Waals surface area contributed by atoms with Crippen molar-refractivity contribution in [2.75, 3.05) is 38.1 Å². The molecule has 0 amide bonds. The maximum Gasteiger partial charge on any atom is 0.149 e. The van der Waals surface area contributed by atoms with Crippen LogP contribution >= 0.6 is 0 Å². The Morgan fingerprint density at radius 3 is 2.39 bits per heavy atom. The summed E-state index contributed by atoms with van der Waals surface area (Å²) in [4.78, 5) is 3.96. The summed E-state index contributed by atoms with van der Waals surface area (Å²) in [6, 6.07) is 2.65. The quantitative estimate of drug-likeness (QED) is 0.870. The third-order valence-corrected chi connectivity index (χ3v) is 3.35. The van der Waals surface area contributed by atoms with E-state index in [1.54, 1.807) is 4.90 Å². The van der Waals surface area contributed by atoms with Gasteiger partial charge in [0, 0.05) is 26.2 Å². The lowest BCUT2D eigenvalue weighted by molar-refractivity contribution is 0.360. The first-order valence-electron chi connectivity index (χ1n) is 6.23. The zero-order valence-electron chi connectivity index (χ0n) is 10.6. The molecule has 1 aromatic rings. The summed E-state index contributed by atoms with van der Waals surface area (Å²) in [5.41, 5.74) is 5.98. The van der Waals surface area contributed by atoms with E-state index < -0.39 is 11.6 Å². The minimum absolute atomic E-state index is 0.0856. The smallest absolute Gasteiger partial charge is 0.149 e. The topological polar surface area (TPSA) is 32.5 Å². The second-order valence-electron chi connectivity index (χ2n) is 4.76. The van der Waals surface area contributed by atoms with E-state index in [0.29, 0.717) is 18.7 Å². The summed E-state index contributed by atoms with van der Waals surface area (Å²) in [6.45, 7) is 3.25. The Hall–Kier alpha value is -1.20. The number of hydrogen-bond acceptors (Lipinski definition) is 3. The predicted molar refractivity (Wildman–Crippen MR) is 68.6 cm³/mol. The molecule has 0 unspecified atom stereocenters. The van der Waals surface area contributed by atoms with Gasteiger partial charge in [0.25, 0.3) is 0 Å². The standard InChI is InChI=1S/C13H19F2N3/c1-17-3-2-4-18(6-5-17)13-11(14)7-10(9-16)8-12(13)15/h7-8H,2-6,9,16H2,1H3. The number of rotatable bonds is 2. The highest BCUT2D eigenvalue weighted by atomic mass is 19.1. The van der Waals surface area contributed by atoms with Crippen LogP contribution in [0.1, 0.15) is 12.0 Å². The average Bonchev–Trinajstić information content (AvgIpc) is 2.53. The maximum absolute atomic E-state index is 14.0. The molecule has 1 saturated heterocycles. The maximum atomic E-state index is 14.0. The van der Waals surface area contributed by atoms with Crippen LogP contribution < -0.4 is 10.6 Å². The van der Waals surface area contributed by atoms with Gasteiger partial charge < -0.3 is 15.5 Å². The zero-order valence-corrected chi connectivity index (χ0v) is 10.6. The van der Waals surface area contributed by atoms with Gasteiger partial charge >= 0.3 is 0 Å². The van der Waals surface area contributed by atoms with Gasteiger partial charge in [-0.3, -0.25) is 0 Å². The van der Waals surface area contributed by atoms with Gasteiger partial charge in [0.05, 0.1) is 0 Å². The molecule has 2 rings (SSSR count). The molecule has 0 aromatic heterocycles. The molecule has 5 heteroatoms. The van der Waals surface area contributed by atoms with Gasteiger partial charge in [-0.15, -0.1) is 0 Å². The second kappa shape index (κ2) is 5.63. The fraction of sp³-hybridized carbons (Fsp3) is 0.538. The summed E-state index contributed by atoms with van der Waals surface area (Å²) in [5, 5.41) is 0. The Balaban J connectivity index is 2.27. The summed E-state index contributed by atoms with van der Waals surface area (Å²) < 4.78 is 27.9. The van der Waals surface area contributed by atoms with Crippen LogP contribution in [-0.2, 0) is 6.54 Å². The molecule has 18 heavy (non-hydrogen) atoms. The summed E-state index contributed by atoms with van der Waals surface area (Å²) in [5.74, 6) is -1.03. The molecule has 2 N–H and O–H groups in total. The van der Waals surface area contributed by atoms with Crippen LogP contribution in [0.3, 0.4) is 0 Å². The molecule has 3 nitrogen and oxygen atoms in total. The molecule has 1 fully saturated rings. The molecule has 0 aliphatic carbocycles. The lowest BCUT2D eigenvalue weighted by Gasteiger charge is -2.24. The fourth-order valence-electron chi connectivity index (χ4n) is 2.31. The van der Waals surface area contributed by atoms with Gasteiger partial charge in [0.2, 0.25) is 0 Å². The molecule has 1 aliphatic rings. The molecule has 0 bridgehead atoms. The van der Waals surface area contributed by atoms with Crippen molar-refractivity contribution < 1.29 is 8.78 Å². The monoisotopic (exact) mass is 255 g/mol. The molecule has 0 saturated carbocycles. The lowest BCUT2D eigenvalue weighted by Crippen LogP contribution is -2.30. The summed E-state index contributed by atoms with van der Waals surface area (Å²) in [6.07, 6.45) is 0.911. The Morgan fingerprint density at radius 1 is 1.11 bits per heavy atom. The highest BCUT2D eigenvalue weighted by molar-refractivity contribution is 5.51. The van der Waals surface area contributed by atoms with Gasteiger partial charge in [-0.1, -0.05) is 0 Å². The molecule has 1 aliphatic heterocycles. The van der Waals surface area contributed by atoms with Gasteiger partial charge in [-0.2, -0.15) is 0 Å². The summed E-state index contributed by atoms with van der Waals surface area (Å²) >= 11 is 0. The number of hydrogen-bond donors (Lipinski definition) is 1. The van der Waals surface area contributed by atoms with E-state index in [-0.39, 0.29) is 12.2 Å². The van der Waals surface area contributed by atoms with E-state index in [2.05, 4.69) is 4.90 Å². The van der Waals surface area contributed by atoms with E-state index in [0.717, 1.165) is 19.5 Å². The molecule has 0 atom stereocenters. The van der Waals surface area contributed by atoms with Gasteiger partial charge in [0.15, 0.2) is 0 Å². The predicted octanol–water partition coefficient (Wildman–Crippen LogP) is 1.57. The number of nitrogens with two attached hydrogens (primary N) is 1. The SMILES string of the molecule is CN1CCCN(c2c(F)cc(CN)cc2F)CC1. The molecular weight excluding hydrogens is 236 g/mol. The van der Waals surface area contributed by atoms with Crippen molar-refractivity contribution in [3.63, 3.8) is 0 Å². The van der Waals surface area contributed by atoms with Crippen LogP contribution in [0.2, 0.25) is 0 Å². The lowest BCUT2D eigenvalue weighted by atomic mass is 10.1. The highest BCUT2D eigenvalue weighted by Gasteiger charge is 2.20. The number of benzene rings is 1. The first-order chi connectivity index (χ1) is 8.61. The number of halogens is 2. The normalized spacial score (nSPS) is 17.9. The van der Waals surface area contributed by atoms with E-state index >= 15 is 0 Å². The third-order valence-electron chi connectivity index (χ3n) is 3.35. The Kier molecular flexibility index (Phi) is 4.14.